The van der Waals surface area contributed by atoms with Crippen molar-refractivity contribution in [3.8, 4) is 0 Å². The molecule has 0 heterocycles. The van der Waals surface area contributed by atoms with E-state index in [4.69, 9.17) is 0 Å². The largest absolute Gasteiger partial charge is 0.314 e. The van der Waals surface area contributed by atoms with E-state index in [2.05, 4.69) is 50.4 Å². The Balaban J connectivity index is 1.93. The number of rotatable bonds is 6. The third-order valence-corrected chi connectivity index (χ3v) is 3.66. The fourth-order valence-corrected chi connectivity index (χ4v) is 2.50. The van der Waals surface area contributed by atoms with Crippen molar-refractivity contribution in [3.05, 3.63) is 35.4 Å². The lowest BCUT2D eigenvalue weighted by molar-refractivity contribution is 0.404. The van der Waals surface area contributed by atoms with Crippen molar-refractivity contribution in [2.45, 2.75) is 46.1 Å². The number of hydrogen-bond donors (Lipinski definition) is 1. The molecule has 1 N–H and O–H groups in total. The van der Waals surface area contributed by atoms with Crippen LogP contribution in [0.4, 0.5) is 0 Å². The lowest BCUT2D eigenvalue weighted by atomic mass is 9.94. The summed E-state index contributed by atoms with van der Waals surface area (Å²) in [4.78, 5) is 0. The predicted octanol–water partition coefficient (Wildman–Crippen LogP) is 3.56. The fourth-order valence-electron chi connectivity index (χ4n) is 2.50. The van der Waals surface area contributed by atoms with E-state index in [0.29, 0.717) is 6.04 Å². The van der Waals surface area contributed by atoms with Crippen molar-refractivity contribution in [1.82, 2.24) is 5.32 Å². The first-order chi connectivity index (χ1) is 8.15. The van der Waals surface area contributed by atoms with Crippen LogP contribution in [0.2, 0.25) is 0 Å². The van der Waals surface area contributed by atoms with Gasteiger partial charge in [-0.25, -0.2) is 0 Å². The first-order valence-corrected chi connectivity index (χ1v) is 6.94. The Bertz CT molecular complexity index is 352. The maximum Gasteiger partial charge on any atom is 0.00104 e. The molecule has 1 nitrogen and oxygen atoms in total. The monoisotopic (exact) mass is 231 g/mol. The summed E-state index contributed by atoms with van der Waals surface area (Å²) in [7, 11) is 0. The molecule has 1 aliphatic rings. The molecule has 1 aliphatic carbocycles. The lowest BCUT2D eigenvalue weighted by Gasteiger charge is -2.19. The zero-order valence-electron chi connectivity index (χ0n) is 11.4. The van der Waals surface area contributed by atoms with E-state index < -0.39 is 0 Å². The Morgan fingerprint density at radius 3 is 2.65 bits per heavy atom. The maximum absolute atomic E-state index is 3.60. The van der Waals surface area contributed by atoms with Gasteiger partial charge in [-0.15, -0.1) is 0 Å². The summed E-state index contributed by atoms with van der Waals surface area (Å²) in [5.41, 5.74) is 2.89. The first-order valence-electron chi connectivity index (χ1n) is 6.94. The van der Waals surface area contributed by atoms with Crippen molar-refractivity contribution < 1.29 is 0 Å². The molecule has 1 aromatic rings. The average molecular weight is 231 g/mol. The van der Waals surface area contributed by atoms with E-state index in [-0.39, 0.29) is 0 Å². The van der Waals surface area contributed by atoms with Crippen LogP contribution in [0.3, 0.4) is 0 Å². The van der Waals surface area contributed by atoms with Gasteiger partial charge in [-0.1, -0.05) is 43.7 Å². The smallest absolute Gasteiger partial charge is 0.00104 e. The highest BCUT2D eigenvalue weighted by atomic mass is 14.9. The van der Waals surface area contributed by atoms with Gasteiger partial charge < -0.3 is 5.32 Å². The van der Waals surface area contributed by atoms with Crippen LogP contribution in [0, 0.1) is 18.8 Å². The van der Waals surface area contributed by atoms with Gasteiger partial charge in [0.15, 0.2) is 0 Å². The van der Waals surface area contributed by atoms with Gasteiger partial charge >= 0.3 is 0 Å². The van der Waals surface area contributed by atoms with Gasteiger partial charge in [0.2, 0.25) is 0 Å². The van der Waals surface area contributed by atoms with Crippen LogP contribution >= 0.6 is 0 Å². The Morgan fingerprint density at radius 2 is 2.06 bits per heavy atom. The van der Waals surface area contributed by atoms with Gasteiger partial charge in [-0.05, 0) is 50.1 Å². The van der Waals surface area contributed by atoms with Crippen molar-refractivity contribution in [2.24, 2.45) is 11.8 Å². The SMILES string of the molecule is Cc1cccc(CC(CNC(C)C)C2CC2)c1. The molecule has 0 aromatic heterocycles. The molecule has 0 amide bonds. The van der Waals surface area contributed by atoms with E-state index >= 15 is 0 Å². The van der Waals surface area contributed by atoms with Gasteiger partial charge in [0, 0.05) is 6.04 Å². The molecule has 2 rings (SSSR count). The Labute approximate surface area is 106 Å². The van der Waals surface area contributed by atoms with Crippen molar-refractivity contribution in [3.63, 3.8) is 0 Å². The minimum absolute atomic E-state index is 0.605. The average Bonchev–Trinajstić information content (AvgIpc) is 3.07. The summed E-state index contributed by atoms with van der Waals surface area (Å²) >= 11 is 0. The second-order valence-electron chi connectivity index (χ2n) is 5.85. The van der Waals surface area contributed by atoms with Crippen LogP contribution in [-0.2, 0) is 6.42 Å². The third kappa shape index (κ3) is 4.16. The summed E-state index contributed by atoms with van der Waals surface area (Å²) in [6.07, 6.45) is 4.12. The van der Waals surface area contributed by atoms with Crippen molar-refractivity contribution in [2.75, 3.05) is 6.54 Å². The van der Waals surface area contributed by atoms with Gasteiger partial charge in [0.1, 0.15) is 0 Å². The van der Waals surface area contributed by atoms with Gasteiger partial charge in [-0.3, -0.25) is 0 Å². The summed E-state index contributed by atoms with van der Waals surface area (Å²) in [5.74, 6) is 1.81. The van der Waals surface area contributed by atoms with Crippen molar-refractivity contribution >= 4 is 0 Å². The highest BCUT2D eigenvalue weighted by molar-refractivity contribution is 5.22. The van der Waals surface area contributed by atoms with E-state index in [1.54, 1.807) is 0 Å². The summed E-state index contributed by atoms with van der Waals surface area (Å²) in [6, 6.07) is 9.59. The van der Waals surface area contributed by atoms with Crippen LogP contribution in [0.15, 0.2) is 24.3 Å². The number of benzene rings is 1. The Hall–Kier alpha value is -0.820. The van der Waals surface area contributed by atoms with Crippen molar-refractivity contribution in [1.29, 1.82) is 0 Å². The summed E-state index contributed by atoms with van der Waals surface area (Å²) in [6.45, 7) is 7.82. The maximum atomic E-state index is 3.60. The third-order valence-electron chi connectivity index (χ3n) is 3.66. The van der Waals surface area contributed by atoms with E-state index in [9.17, 15) is 0 Å². The number of aryl methyl sites for hydroxylation is 1. The minimum atomic E-state index is 0.605. The van der Waals surface area contributed by atoms with Gasteiger partial charge in [0.05, 0.1) is 0 Å². The molecule has 0 spiro atoms. The Kier molecular flexibility index (Phi) is 4.22. The fraction of sp³-hybridized carbons (Fsp3) is 0.625. The molecule has 1 unspecified atom stereocenters. The van der Waals surface area contributed by atoms with E-state index in [0.717, 1.165) is 11.8 Å². The zero-order chi connectivity index (χ0) is 12.3. The normalized spacial score (nSPS) is 17.4. The highest BCUT2D eigenvalue weighted by Crippen LogP contribution is 2.38. The van der Waals surface area contributed by atoms with Gasteiger partial charge in [0.25, 0.3) is 0 Å². The van der Waals surface area contributed by atoms with E-state index in [1.807, 2.05) is 0 Å². The molecule has 0 saturated heterocycles. The standard InChI is InChI=1S/C16H25N/c1-12(2)17-11-16(15-7-8-15)10-14-6-4-5-13(3)9-14/h4-6,9,12,15-17H,7-8,10-11H2,1-3H3. The van der Waals surface area contributed by atoms with E-state index in [1.165, 1.54) is 36.9 Å². The number of hydrogen-bond acceptors (Lipinski definition) is 1. The zero-order valence-corrected chi connectivity index (χ0v) is 11.4. The molecular weight excluding hydrogens is 206 g/mol. The summed E-state index contributed by atoms with van der Waals surface area (Å²) < 4.78 is 0. The molecule has 1 atom stereocenters. The topological polar surface area (TPSA) is 12.0 Å². The molecule has 17 heavy (non-hydrogen) atoms. The second kappa shape index (κ2) is 5.68. The van der Waals surface area contributed by atoms with Crippen LogP contribution in [0.25, 0.3) is 0 Å². The molecule has 0 bridgehead atoms. The Morgan fingerprint density at radius 1 is 1.29 bits per heavy atom. The van der Waals surface area contributed by atoms with Crippen LogP contribution < -0.4 is 5.32 Å². The van der Waals surface area contributed by atoms with Gasteiger partial charge in [-0.2, -0.15) is 0 Å². The minimum Gasteiger partial charge on any atom is -0.314 e. The summed E-state index contributed by atoms with van der Waals surface area (Å²) in [5, 5.41) is 3.60. The molecule has 1 aromatic carbocycles. The first kappa shape index (κ1) is 12.6. The van der Waals surface area contributed by atoms with Crippen LogP contribution in [-0.4, -0.2) is 12.6 Å². The van der Waals surface area contributed by atoms with Crippen LogP contribution in [0.5, 0.6) is 0 Å². The second-order valence-corrected chi connectivity index (χ2v) is 5.85. The molecule has 0 aliphatic heterocycles. The highest BCUT2D eigenvalue weighted by Gasteiger charge is 2.30. The molecule has 1 saturated carbocycles. The predicted molar refractivity (Wildman–Crippen MR) is 74.2 cm³/mol. The molecular formula is C16H25N. The molecule has 0 radical (unpaired) electrons. The number of nitrogens with one attached hydrogen (secondary N) is 1. The molecule has 1 fully saturated rings. The quantitative estimate of drug-likeness (QED) is 0.789. The molecule has 94 valence electrons. The molecule has 1 heteroatoms. The lowest BCUT2D eigenvalue weighted by Crippen LogP contribution is -2.30. The van der Waals surface area contributed by atoms with Crippen LogP contribution in [0.1, 0.15) is 37.8 Å².